The van der Waals surface area contributed by atoms with Crippen molar-refractivity contribution >= 4 is 0 Å². The lowest BCUT2D eigenvalue weighted by molar-refractivity contribution is -0.137. The molecule has 1 aliphatic carbocycles. The lowest BCUT2D eigenvalue weighted by Gasteiger charge is -2.43. The van der Waals surface area contributed by atoms with Gasteiger partial charge in [-0.1, -0.05) is 36.4 Å². The highest BCUT2D eigenvalue weighted by Crippen LogP contribution is 2.43. The van der Waals surface area contributed by atoms with Gasteiger partial charge >= 0.3 is 6.18 Å². The van der Waals surface area contributed by atoms with E-state index in [1.807, 2.05) is 24.3 Å². The molecule has 2 N–H and O–H groups in total. The molecule has 1 fully saturated rings. The summed E-state index contributed by atoms with van der Waals surface area (Å²) in [6.45, 7) is 0.587. The van der Waals surface area contributed by atoms with Crippen LogP contribution in [0.15, 0.2) is 48.5 Å². The van der Waals surface area contributed by atoms with E-state index in [-0.39, 0.29) is 12.1 Å². The van der Waals surface area contributed by atoms with E-state index in [0.717, 1.165) is 36.5 Å². The Morgan fingerprint density at radius 2 is 1.67 bits per heavy atom. The van der Waals surface area contributed by atoms with Gasteiger partial charge in [0, 0.05) is 12.1 Å². The Balaban J connectivity index is 1.77. The highest BCUT2D eigenvalue weighted by atomic mass is 19.4. The molecule has 5 heteroatoms. The molecule has 0 radical (unpaired) electrons. The third-order valence-electron chi connectivity index (χ3n) is 4.79. The summed E-state index contributed by atoms with van der Waals surface area (Å²) in [5.41, 5.74) is 1.62. The van der Waals surface area contributed by atoms with Gasteiger partial charge in [0.05, 0.1) is 12.2 Å². The fraction of sp³-hybridized carbons (Fsp3) is 0.368. The third-order valence-corrected chi connectivity index (χ3v) is 4.79. The quantitative estimate of drug-likeness (QED) is 0.850. The van der Waals surface area contributed by atoms with Gasteiger partial charge in [-0.15, -0.1) is 0 Å². The fourth-order valence-corrected chi connectivity index (χ4v) is 3.12. The van der Waals surface area contributed by atoms with Crippen molar-refractivity contribution in [3.63, 3.8) is 0 Å². The van der Waals surface area contributed by atoms with Crippen LogP contribution < -0.4 is 5.32 Å². The van der Waals surface area contributed by atoms with Gasteiger partial charge < -0.3 is 10.4 Å². The van der Waals surface area contributed by atoms with Crippen LogP contribution in [0.5, 0.6) is 0 Å². The van der Waals surface area contributed by atoms with E-state index in [4.69, 9.17) is 5.11 Å². The average Bonchev–Trinajstić information content (AvgIpc) is 2.54. The standard InChI is InChI=1S/C19H20F3NO/c20-19(21,22)17-4-1-3-16(11-17)18(9-2-10-18)23-12-14-5-7-15(13-24)8-6-14/h1,3-8,11,23-24H,2,9-10,12-13H2. The Morgan fingerprint density at radius 1 is 1.00 bits per heavy atom. The van der Waals surface area contributed by atoms with E-state index >= 15 is 0 Å². The number of nitrogens with one attached hydrogen (secondary N) is 1. The van der Waals surface area contributed by atoms with Crippen LogP contribution in [0.25, 0.3) is 0 Å². The van der Waals surface area contributed by atoms with Gasteiger partial charge in [0.25, 0.3) is 0 Å². The van der Waals surface area contributed by atoms with Gasteiger partial charge in [0.2, 0.25) is 0 Å². The number of benzene rings is 2. The number of halogens is 3. The van der Waals surface area contributed by atoms with Crippen LogP contribution in [0.3, 0.4) is 0 Å². The molecule has 0 amide bonds. The smallest absolute Gasteiger partial charge is 0.392 e. The molecule has 2 aromatic carbocycles. The molecule has 3 rings (SSSR count). The molecule has 0 aliphatic heterocycles. The second-order valence-corrected chi connectivity index (χ2v) is 6.34. The summed E-state index contributed by atoms with van der Waals surface area (Å²) in [6, 6.07) is 13.2. The molecule has 2 aromatic rings. The molecule has 0 unspecified atom stereocenters. The minimum absolute atomic E-state index is 0.00187. The molecule has 0 aromatic heterocycles. The second-order valence-electron chi connectivity index (χ2n) is 6.34. The summed E-state index contributed by atoms with van der Waals surface area (Å²) < 4.78 is 38.9. The SMILES string of the molecule is OCc1ccc(CNC2(c3cccc(C(F)(F)F)c3)CCC2)cc1. The number of aliphatic hydroxyl groups excluding tert-OH is 1. The van der Waals surface area contributed by atoms with E-state index < -0.39 is 11.7 Å². The molecule has 1 aliphatic rings. The van der Waals surface area contributed by atoms with Crippen molar-refractivity contribution < 1.29 is 18.3 Å². The Kier molecular flexibility index (Phi) is 4.65. The summed E-state index contributed by atoms with van der Waals surface area (Å²) in [5.74, 6) is 0. The van der Waals surface area contributed by atoms with Crippen molar-refractivity contribution in [3.8, 4) is 0 Å². The van der Waals surface area contributed by atoms with Crippen LogP contribution in [0.1, 0.15) is 41.5 Å². The van der Waals surface area contributed by atoms with Crippen molar-refractivity contribution in [3.05, 3.63) is 70.8 Å². The Labute approximate surface area is 139 Å². The molecule has 0 atom stereocenters. The molecule has 0 saturated heterocycles. The van der Waals surface area contributed by atoms with Crippen molar-refractivity contribution in [2.75, 3.05) is 0 Å². The second kappa shape index (κ2) is 6.57. The first-order valence-corrected chi connectivity index (χ1v) is 8.04. The Hall–Kier alpha value is -1.85. The molecule has 0 heterocycles. The van der Waals surface area contributed by atoms with Crippen molar-refractivity contribution in [2.45, 2.75) is 44.1 Å². The van der Waals surface area contributed by atoms with Crippen LogP contribution >= 0.6 is 0 Å². The van der Waals surface area contributed by atoms with Gasteiger partial charge in [-0.05, 0) is 48.1 Å². The normalized spacial score (nSPS) is 16.7. The van der Waals surface area contributed by atoms with Crippen LogP contribution in [0.2, 0.25) is 0 Å². The van der Waals surface area contributed by atoms with Gasteiger partial charge in [-0.3, -0.25) is 0 Å². The van der Waals surface area contributed by atoms with Gasteiger partial charge in [0.15, 0.2) is 0 Å². The third kappa shape index (κ3) is 3.47. The zero-order valence-corrected chi connectivity index (χ0v) is 13.2. The number of hydrogen-bond donors (Lipinski definition) is 2. The predicted molar refractivity (Wildman–Crippen MR) is 86.2 cm³/mol. The molecule has 0 bridgehead atoms. The lowest BCUT2D eigenvalue weighted by atomic mass is 9.71. The van der Waals surface area contributed by atoms with Crippen LogP contribution in [0, 0.1) is 0 Å². The highest BCUT2D eigenvalue weighted by molar-refractivity contribution is 5.33. The minimum atomic E-state index is -4.32. The fourth-order valence-electron chi connectivity index (χ4n) is 3.12. The van der Waals surface area contributed by atoms with E-state index in [2.05, 4.69) is 5.32 Å². The molecular weight excluding hydrogens is 315 g/mol. The summed E-state index contributed by atoms with van der Waals surface area (Å²) in [6.07, 6.45) is -1.64. The summed E-state index contributed by atoms with van der Waals surface area (Å²) in [4.78, 5) is 0. The van der Waals surface area contributed by atoms with E-state index in [0.29, 0.717) is 12.1 Å². The van der Waals surface area contributed by atoms with Crippen LogP contribution in [-0.2, 0) is 24.9 Å². The summed E-state index contributed by atoms with van der Waals surface area (Å²) in [5, 5.41) is 12.5. The highest BCUT2D eigenvalue weighted by Gasteiger charge is 2.40. The summed E-state index contributed by atoms with van der Waals surface area (Å²) >= 11 is 0. The molecule has 0 spiro atoms. The van der Waals surface area contributed by atoms with Crippen molar-refractivity contribution in [2.24, 2.45) is 0 Å². The van der Waals surface area contributed by atoms with E-state index in [1.165, 1.54) is 12.1 Å². The Morgan fingerprint density at radius 3 is 2.21 bits per heavy atom. The van der Waals surface area contributed by atoms with E-state index in [9.17, 15) is 13.2 Å². The molecule has 1 saturated carbocycles. The van der Waals surface area contributed by atoms with E-state index in [1.54, 1.807) is 6.07 Å². The molecular formula is C19H20F3NO. The topological polar surface area (TPSA) is 32.3 Å². The zero-order chi connectivity index (χ0) is 17.2. The van der Waals surface area contributed by atoms with Gasteiger partial charge in [-0.25, -0.2) is 0 Å². The molecule has 128 valence electrons. The number of rotatable bonds is 5. The average molecular weight is 335 g/mol. The maximum Gasteiger partial charge on any atom is 0.416 e. The van der Waals surface area contributed by atoms with Gasteiger partial charge in [-0.2, -0.15) is 13.2 Å². The first kappa shape index (κ1) is 17.0. The predicted octanol–water partition coefficient (Wildman–Crippen LogP) is 4.37. The largest absolute Gasteiger partial charge is 0.416 e. The molecule has 24 heavy (non-hydrogen) atoms. The number of hydrogen-bond acceptors (Lipinski definition) is 2. The zero-order valence-electron chi connectivity index (χ0n) is 13.2. The number of aliphatic hydroxyl groups is 1. The maximum absolute atomic E-state index is 13.0. The van der Waals surface area contributed by atoms with Crippen LogP contribution in [0.4, 0.5) is 13.2 Å². The maximum atomic E-state index is 13.0. The summed E-state index contributed by atoms with van der Waals surface area (Å²) in [7, 11) is 0. The first-order valence-electron chi connectivity index (χ1n) is 8.04. The van der Waals surface area contributed by atoms with Gasteiger partial charge in [0.1, 0.15) is 0 Å². The minimum Gasteiger partial charge on any atom is -0.392 e. The van der Waals surface area contributed by atoms with Crippen LogP contribution in [-0.4, -0.2) is 5.11 Å². The Bertz CT molecular complexity index is 691. The number of alkyl halides is 3. The molecule has 2 nitrogen and oxygen atoms in total. The lowest BCUT2D eigenvalue weighted by Crippen LogP contribution is -2.47. The monoisotopic (exact) mass is 335 g/mol. The van der Waals surface area contributed by atoms with Crippen molar-refractivity contribution in [1.29, 1.82) is 0 Å². The first-order chi connectivity index (χ1) is 11.4. The van der Waals surface area contributed by atoms with Crippen molar-refractivity contribution in [1.82, 2.24) is 5.32 Å².